The Kier molecular flexibility index (Phi) is 4.27. The van der Waals surface area contributed by atoms with Crippen LogP contribution >= 0.6 is 0 Å². The Labute approximate surface area is 112 Å². The van der Waals surface area contributed by atoms with Gasteiger partial charge in [-0.25, -0.2) is 0 Å². The Bertz CT molecular complexity index is 462. The first-order valence-corrected chi connectivity index (χ1v) is 6.50. The third-order valence-corrected chi connectivity index (χ3v) is 3.56. The number of amides is 1. The maximum Gasteiger partial charge on any atom is 0.251 e. The van der Waals surface area contributed by atoms with E-state index >= 15 is 0 Å². The summed E-state index contributed by atoms with van der Waals surface area (Å²) in [7, 11) is 1.54. The van der Waals surface area contributed by atoms with Crippen molar-refractivity contribution in [2.24, 2.45) is 5.92 Å². The van der Waals surface area contributed by atoms with Crippen LogP contribution in [0.5, 0.6) is 5.75 Å². The molecular weight excluding hydrogens is 244 g/mol. The molecule has 19 heavy (non-hydrogen) atoms. The largest absolute Gasteiger partial charge is 0.495 e. The lowest BCUT2D eigenvalue weighted by Gasteiger charge is -2.12. The van der Waals surface area contributed by atoms with Crippen LogP contribution < -0.4 is 15.8 Å². The lowest BCUT2D eigenvalue weighted by Crippen LogP contribution is -2.28. The van der Waals surface area contributed by atoms with Crippen LogP contribution in [0.2, 0.25) is 0 Å². The summed E-state index contributed by atoms with van der Waals surface area (Å²) in [6.07, 6.45) is 2.35. The number of nitrogens with one attached hydrogen (secondary N) is 1. The smallest absolute Gasteiger partial charge is 0.251 e. The summed E-state index contributed by atoms with van der Waals surface area (Å²) in [5.41, 5.74) is 6.74. The van der Waals surface area contributed by atoms with Crippen LogP contribution in [-0.2, 0) is 0 Å². The summed E-state index contributed by atoms with van der Waals surface area (Å²) in [4.78, 5) is 12.0. The normalized spacial score (nSPS) is 22.2. The number of aliphatic hydroxyl groups is 1. The van der Waals surface area contributed by atoms with Gasteiger partial charge in [-0.3, -0.25) is 4.79 Å². The summed E-state index contributed by atoms with van der Waals surface area (Å²) >= 11 is 0. The second kappa shape index (κ2) is 5.93. The molecule has 0 saturated heterocycles. The zero-order valence-electron chi connectivity index (χ0n) is 11.1. The average molecular weight is 264 g/mol. The van der Waals surface area contributed by atoms with Crippen LogP contribution in [-0.4, -0.2) is 30.8 Å². The quantitative estimate of drug-likeness (QED) is 0.713. The third kappa shape index (κ3) is 3.38. The molecule has 0 bridgehead atoms. The number of ether oxygens (including phenoxy) is 1. The topological polar surface area (TPSA) is 84.6 Å². The van der Waals surface area contributed by atoms with Crippen LogP contribution in [0.1, 0.15) is 29.6 Å². The molecular formula is C14H20N2O3. The van der Waals surface area contributed by atoms with E-state index in [0.717, 1.165) is 19.3 Å². The first-order valence-electron chi connectivity index (χ1n) is 6.50. The van der Waals surface area contributed by atoms with Crippen LogP contribution in [0.15, 0.2) is 18.2 Å². The van der Waals surface area contributed by atoms with Gasteiger partial charge in [0.25, 0.3) is 5.91 Å². The minimum absolute atomic E-state index is 0.143. The van der Waals surface area contributed by atoms with Crippen molar-refractivity contribution in [3.05, 3.63) is 23.8 Å². The molecule has 0 radical (unpaired) electrons. The van der Waals surface area contributed by atoms with E-state index in [0.29, 0.717) is 29.5 Å². The first-order chi connectivity index (χ1) is 9.10. The van der Waals surface area contributed by atoms with Crippen molar-refractivity contribution in [1.29, 1.82) is 0 Å². The molecule has 0 aliphatic heterocycles. The molecule has 2 unspecified atom stereocenters. The standard InChI is InChI=1S/C14H20N2O3/c1-19-13-5-3-10(7-12(13)15)14(18)16-8-9-2-4-11(17)6-9/h3,5,7,9,11,17H,2,4,6,8,15H2,1H3,(H,16,18). The van der Waals surface area contributed by atoms with Gasteiger partial charge in [-0.15, -0.1) is 0 Å². The number of aliphatic hydroxyl groups excluding tert-OH is 1. The van der Waals surface area contributed by atoms with Crippen LogP contribution in [0, 0.1) is 5.92 Å². The molecule has 4 N–H and O–H groups in total. The Morgan fingerprint density at radius 1 is 1.53 bits per heavy atom. The monoisotopic (exact) mass is 264 g/mol. The number of nitrogens with two attached hydrogens (primary N) is 1. The zero-order valence-corrected chi connectivity index (χ0v) is 11.1. The molecule has 0 heterocycles. The number of carbonyl (C=O) groups is 1. The molecule has 1 saturated carbocycles. The van der Waals surface area contributed by atoms with Gasteiger partial charge in [0, 0.05) is 12.1 Å². The number of methoxy groups -OCH3 is 1. The van der Waals surface area contributed by atoms with E-state index < -0.39 is 0 Å². The van der Waals surface area contributed by atoms with Gasteiger partial charge < -0.3 is 20.9 Å². The van der Waals surface area contributed by atoms with Crippen LogP contribution in [0.3, 0.4) is 0 Å². The van der Waals surface area contributed by atoms with Gasteiger partial charge in [0.05, 0.1) is 18.9 Å². The molecule has 1 aromatic rings. The minimum Gasteiger partial charge on any atom is -0.495 e. The Balaban J connectivity index is 1.91. The van der Waals surface area contributed by atoms with Gasteiger partial charge >= 0.3 is 0 Å². The predicted molar refractivity (Wildman–Crippen MR) is 73.1 cm³/mol. The molecule has 1 aliphatic carbocycles. The van der Waals surface area contributed by atoms with Crippen molar-refractivity contribution in [3.8, 4) is 5.75 Å². The number of hydrogen-bond acceptors (Lipinski definition) is 4. The van der Waals surface area contributed by atoms with Crippen molar-refractivity contribution in [1.82, 2.24) is 5.32 Å². The molecule has 1 aromatic carbocycles. The third-order valence-electron chi connectivity index (χ3n) is 3.56. The maximum absolute atomic E-state index is 12.0. The second-order valence-corrected chi connectivity index (χ2v) is 5.00. The molecule has 2 rings (SSSR count). The summed E-state index contributed by atoms with van der Waals surface area (Å²) in [5.74, 6) is 0.792. The van der Waals surface area contributed by atoms with Crippen molar-refractivity contribution in [2.45, 2.75) is 25.4 Å². The summed E-state index contributed by atoms with van der Waals surface area (Å²) in [6.45, 7) is 0.599. The van der Waals surface area contributed by atoms with Crippen molar-refractivity contribution in [2.75, 3.05) is 19.4 Å². The number of hydrogen-bond donors (Lipinski definition) is 3. The minimum atomic E-state index is -0.210. The van der Waals surface area contributed by atoms with E-state index in [9.17, 15) is 9.90 Å². The van der Waals surface area contributed by atoms with E-state index in [2.05, 4.69) is 5.32 Å². The SMILES string of the molecule is COc1ccc(C(=O)NCC2CCC(O)C2)cc1N. The Morgan fingerprint density at radius 3 is 2.89 bits per heavy atom. The molecule has 104 valence electrons. The van der Waals surface area contributed by atoms with E-state index in [-0.39, 0.29) is 12.0 Å². The number of benzene rings is 1. The van der Waals surface area contributed by atoms with Crippen LogP contribution in [0.4, 0.5) is 5.69 Å². The molecule has 2 atom stereocenters. The first kappa shape index (κ1) is 13.7. The van der Waals surface area contributed by atoms with Crippen molar-refractivity contribution < 1.29 is 14.6 Å². The van der Waals surface area contributed by atoms with E-state index in [1.807, 2.05) is 0 Å². The second-order valence-electron chi connectivity index (χ2n) is 5.00. The van der Waals surface area contributed by atoms with Gasteiger partial charge in [0.1, 0.15) is 5.75 Å². The van der Waals surface area contributed by atoms with Gasteiger partial charge in [-0.05, 0) is 43.4 Å². The van der Waals surface area contributed by atoms with Gasteiger partial charge in [0.2, 0.25) is 0 Å². The fourth-order valence-corrected chi connectivity index (χ4v) is 2.45. The van der Waals surface area contributed by atoms with Gasteiger partial charge in [0.15, 0.2) is 0 Å². The Morgan fingerprint density at radius 2 is 2.32 bits per heavy atom. The van der Waals surface area contributed by atoms with E-state index in [1.54, 1.807) is 18.2 Å². The summed E-state index contributed by atoms with van der Waals surface area (Å²) in [5, 5.41) is 12.3. The Hall–Kier alpha value is -1.75. The number of anilines is 1. The number of nitrogen functional groups attached to an aromatic ring is 1. The molecule has 0 aromatic heterocycles. The highest BCUT2D eigenvalue weighted by Gasteiger charge is 2.23. The molecule has 1 fully saturated rings. The fraction of sp³-hybridized carbons (Fsp3) is 0.500. The van der Waals surface area contributed by atoms with Crippen molar-refractivity contribution in [3.63, 3.8) is 0 Å². The summed E-state index contributed by atoms with van der Waals surface area (Å²) < 4.78 is 5.05. The molecule has 5 nitrogen and oxygen atoms in total. The van der Waals surface area contributed by atoms with E-state index in [4.69, 9.17) is 10.5 Å². The average Bonchev–Trinajstić information content (AvgIpc) is 2.81. The maximum atomic E-state index is 12.0. The van der Waals surface area contributed by atoms with Crippen molar-refractivity contribution >= 4 is 11.6 Å². The van der Waals surface area contributed by atoms with E-state index in [1.165, 1.54) is 7.11 Å². The number of rotatable bonds is 4. The lowest BCUT2D eigenvalue weighted by molar-refractivity contribution is 0.0945. The zero-order chi connectivity index (χ0) is 13.8. The summed E-state index contributed by atoms with van der Waals surface area (Å²) in [6, 6.07) is 4.98. The van der Waals surface area contributed by atoms with Gasteiger partial charge in [-0.1, -0.05) is 0 Å². The highest BCUT2D eigenvalue weighted by Crippen LogP contribution is 2.25. The highest BCUT2D eigenvalue weighted by molar-refractivity contribution is 5.95. The number of carbonyl (C=O) groups excluding carboxylic acids is 1. The lowest BCUT2D eigenvalue weighted by atomic mass is 10.1. The van der Waals surface area contributed by atoms with Gasteiger partial charge in [-0.2, -0.15) is 0 Å². The molecule has 1 aliphatic rings. The fourth-order valence-electron chi connectivity index (χ4n) is 2.45. The highest BCUT2D eigenvalue weighted by atomic mass is 16.5. The predicted octanol–water partition coefficient (Wildman–Crippen LogP) is 1.17. The molecule has 1 amide bonds. The molecule has 5 heteroatoms. The van der Waals surface area contributed by atoms with Crippen LogP contribution in [0.25, 0.3) is 0 Å². The molecule has 0 spiro atoms.